The van der Waals surface area contributed by atoms with E-state index >= 15 is 0 Å². The molecule has 0 radical (unpaired) electrons. The summed E-state index contributed by atoms with van der Waals surface area (Å²) in [5.41, 5.74) is 0. The zero-order chi connectivity index (χ0) is 11.7. The van der Waals surface area contributed by atoms with E-state index < -0.39 is 0 Å². The van der Waals surface area contributed by atoms with E-state index in [0.717, 1.165) is 23.9 Å². The second-order valence-electron chi connectivity index (χ2n) is 6.48. The summed E-state index contributed by atoms with van der Waals surface area (Å²) in [4.78, 5) is 2.85. The Bertz CT molecular complexity index is 253. The second-order valence-corrected chi connectivity index (χ2v) is 6.48. The molecule has 2 bridgehead atoms. The number of fused-ring (bicyclic) bond motifs is 2. The van der Waals surface area contributed by atoms with Crippen LogP contribution < -0.4 is 5.32 Å². The van der Waals surface area contributed by atoms with Crippen LogP contribution >= 0.6 is 0 Å². The van der Waals surface area contributed by atoms with Crippen molar-refractivity contribution >= 4 is 0 Å². The predicted molar refractivity (Wildman–Crippen MR) is 72.1 cm³/mol. The predicted octanol–water partition coefficient (Wildman–Crippen LogP) is 2.64. The molecule has 4 atom stereocenters. The van der Waals surface area contributed by atoms with E-state index in [1.807, 2.05) is 0 Å². The van der Waals surface area contributed by atoms with Gasteiger partial charge in [-0.15, -0.1) is 0 Å². The molecule has 2 heteroatoms. The summed E-state index contributed by atoms with van der Waals surface area (Å²) >= 11 is 0. The normalized spacial score (nSPS) is 43.6. The fourth-order valence-electron chi connectivity index (χ4n) is 4.46. The van der Waals surface area contributed by atoms with E-state index in [9.17, 15) is 0 Å². The molecular formula is C15H28N2. The largest absolute Gasteiger partial charge is 0.314 e. The highest BCUT2D eigenvalue weighted by Gasteiger charge is 2.42. The van der Waals surface area contributed by atoms with Gasteiger partial charge in [0.2, 0.25) is 0 Å². The minimum Gasteiger partial charge on any atom is -0.314 e. The lowest BCUT2D eigenvalue weighted by Gasteiger charge is -2.37. The van der Waals surface area contributed by atoms with E-state index in [-0.39, 0.29) is 0 Å². The lowest BCUT2D eigenvalue weighted by atomic mass is 9.93. The standard InChI is InChI=1S/C15H28N2/c1-2-14-6-9-17(8-3-7-16-14)15-11-12-4-5-13(15)10-12/h12-16H,2-11H2,1H3. The van der Waals surface area contributed by atoms with Crippen molar-refractivity contribution in [1.29, 1.82) is 0 Å². The van der Waals surface area contributed by atoms with Crippen molar-refractivity contribution in [3.05, 3.63) is 0 Å². The molecule has 98 valence electrons. The lowest BCUT2D eigenvalue weighted by molar-refractivity contribution is 0.125. The molecule has 0 aromatic rings. The molecule has 3 fully saturated rings. The Morgan fingerprint density at radius 3 is 2.76 bits per heavy atom. The Labute approximate surface area is 106 Å². The van der Waals surface area contributed by atoms with Gasteiger partial charge in [-0.25, -0.2) is 0 Å². The lowest BCUT2D eigenvalue weighted by Crippen LogP contribution is -2.45. The van der Waals surface area contributed by atoms with Gasteiger partial charge in [0.15, 0.2) is 0 Å². The van der Waals surface area contributed by atoms with E-state index in [2.05, 4.69) is 17.1 Å². The average molecular weight is 236 g/mol. The van der Waals surface area contributed by atoms with Crippen LogP contribution in [0.1, 0.15) is 51.9 Å². The molecule has 0 aromatic heterocycles. The van der Waals surface area contributed by atoms with Crippen LogP contribution in [0.3, 0.4) is 0 Å². The average Bonchev–Trinajstić information content (AvgIpc) is 2.91. The summed E-state index contributed by atoms with van der Waals surface area (Å²) < 4.78 is 0. The van der Waals surface area contributed by atoms with E-state index in [1.54, 1.807) is 6.42 Å². The van der Waals surface area contributed by atoms with Gasteiger partial charge in [0.1, 0.15) is 0 Å². The molecule has 2 aliphatic carbocycles. The maximum Gasteiger partial charge on any atom is 0.0126 e. The molecule has 2 saturated carbocycles. The van der Waals surface area contributed by atoms with Gasteiger partial charge < -0.3 is 5.32 Å². The molecule has 3 aliphatic rings. The molecule has 1 aliphatic heterocycles. The van der Waals surface area contributed by atoms with E-state index in [4.69, 9.17) is 0 Å². The third kappa shape index (κ3) is 2.53. The van der Waals surface area contributed by atoms with Gasteiger partial charge >= 0.3 is 0 Å². The zero-order valence-electron chi connectivity index (χ0n) is 11.3. The first-order chi connectivity index (χ1) is 8.36. The Morgan fingerprint density at radius 2 is 2.06 bits per heavy atom. The van der Waals surface area contributed by atoms with Crippen LogP contribution in [0, 0.1) is 11.8 Å². The summed E-state index contributed by atoms with van der Waals surface area (Å²) in [5, 5.41) is 3.69. The highest BCUT2D eigenvalue weighted by Crippen LogP contribution is 2.46. The topological polar surface area (TPSA) is 15.3 Å². The molecule has 1 heterocycles. The van der Waals surface area contributed by atoms with Crippen LogP contribution in [0.2, 0.25) is 0 Å². The van der Waals surface area contributed by atoms with Crippen LogP contribution in [0.15, 0.2) is 0 Å². The third-order valence-corrected chi connectivity index (χ3v) is 5.48. The molecule has 1 saturated heterocycles. The first-order valence-corrected chi connectivity index (χ1v) is 7.84. The summed E-state index contributed by atoms with van der Waals surface area (Å²) in [6, 6.07) is 1.74. The van der Waals surface area contributed by atoms with Gasteiger partial charge in [-0.2, -0.15) is 0 Å². The van der Waals surface area contributed by atoms with Crippen molar-refractivity contribution in [1.82, 2.24) is 10.2 Å². The van der Waals surface area contributed by atoms with Gasteiger partial charge in [-0.05, 0) is 70.0 Å². The van der Waals surface area contributed by atoms with Crippen molar-refractivity contribution in [3.63, 3.8) is 0 Å². The summed E-state index contributed by atoms with van der Waals surface area (Å²) in [7, 11) is 0. The van der Waals surface area contributed by atoms with Gasteiger partial charge in [0.25, 0.3) is 0 Å². The van der Waals surface area contributed by atoms with Gasteiger partial charge in [0, 0.05) is 12.1 Å². The smallest absolute Gasteiger partial charge is 0.0126 e. The Hall–Kier alpha value is -0.0800. The first-order valence-electron chi connectivity index (χ1n) is 7.84. The van der Waals surface area contributed by atoms with Crippen molar-refractivity contribution in [2.45, 2.75) is 64.0 Å². The number of rotatable bonds is 2. The first kappa shape index (κ1) is 12.0. The highest BCUT2D eigenvalue weighted by molar-refractivity contribution is 4.95. The molecular weight excluding hydrogens is 208 g/mol. The highest BCUT2D eigenvalue weighted by atomic mass is 15.2. The Morgan fingerprint density at radius 1 is 1.12 bits per heavy atom. The zero-order valence-corrected chi connectivity index (χ0v) is 11.3. The molecule has 4 unspecified atom stereocenters. The molecule has 0 aromatic carbocycles. The summed E-state index contributed by atoms with van der Waals surface area (Å²) in [6.07, 6.45) is 10.2. The molecule has 0 spiro atoms. The maximum atomic E-state index is 3.69. The minimum absolute atomic E-state index is 0.774. The molecule has 17 heavy (non-hydrogen) atoms. The van der Waals surface area contributed by atoms with Gasteiger partial charge in [0.05, 0.1) is 0 Å². The fraction of sp³-hybridized carbons (Fsp3) is 1.00. The number of hydrogen-bond donors (Lipinski definition) is 1. The monoisotopic (exact) mass is 236 g/mol. The second kappa shape index (κ2) is 5.27. The third-order valence-electron chi connectivity index (χ3n) is 5.48. The van der Waals surface area contributed by atoms with Crippen LogP contribution in [0.25, 0.3) is 0 Å². The van der Waals surface area contributed by atoms with E-state index in [0.29, 0.717) is 0 Å². The number of nitrogens with zero attached hydrogens (tertiary/aromatic N) is 1. The van der Waals surface area contributed by atoms with Gasteiger partial charge in [-0.3, -0.25) is 4.90 Å². The quantitative estimate of drug-likeness (QED) is 0.793. The number of hydrogen-bond acceptors (Lipinski definition) is 2. The van der Waals surface area contributed by atoms with Crippen LogP contribution in [-0.2, 0) is 0 Å². The van der Waals surface area contributed by atoms with Crippen molar-refractivity contribution in [3.8, 4) is 0 Å². The van der Waals surface area contributed by atoms with Crippen molar-refractivity contribution in [2.24, 2.45) is 11.8 Å². The minimum atomic E-state index is 0.774. The molecule has 1 N–H and O–H groups in total. The van der Waals surface area contributed by atoms with Crippen LogP contribution in [0.4, 0.5) is 0 Å². The fourth-order valence-corrected chi connectivity index (χ4v) is 4.46. The Kier molecular flexibility index (Phi) is 3.72. The van der Waals surface area contributed by atoms with Gasteiger partial charge in [-0.1, -0.05) is 13.3 Å². The summed E-state index contributed by atoms with van der Waals surface area (Å²) in [5.74, 6) is 2.16. The summed E-state index contributed by atoms with van der Waals surface area (Å²) in [6.45, 7) is 6.24. The molecule has 0 amide bonds. The number of nitrogens with one attached hydrogen (secondary N) is 1. The maximum absolute atomic E-state index is 3.69. The van der Waals surface area contributed by atoms with Crippen LogP contribution in [-0.4, -0.2) is 36.6 Å². The Balaban J connectivity index is 1.58. The SMILES string of the molecule is CCC1CCN(C2CC3CCC2C3)CCCN1. The van der Waals surface area contributed by atoms with Crippen molar-refractivity contribution < 1.29 is 0 Å². The van der Waals surface area contributed by atoms with E-state index in [1.165, 1.54) is 58.2 Å². The van der Waals surface area contributed by atoms with Crippen LogP contribution in [0.5, 0.6) is 0 Å². The van der Waals surface area contributed by atoms with Crippen molar-refractivity contribution in [2.75, 3.05) is 19.6 Å². The molecule has 2 nitrogen and oxygen atoms in total. The molecule has 3 rings (SSSR count).